The number of furan rings is 1. The average Bonchev–Trinajstić information content (AvgIpc) is 3.37. The summed E-state index contributed by atoms with van der Waals surface area (Å²) in [5.41, 5.74) is 1.51. The molecule has 1 aliphatic heterocycles. The Hall–Kier alpha value is -3.04. The van der Waals surface area contributed by atoms with Crippen molar-refractivity contribution in [3.8, 4) is 0 Å². The number of rotatable bonds is 6. The minimum atomic E-state index is -0.630. The number of anilines is 1. The molecule has 3 aromatic rings. The smallest absolute Gasteiger partial charge is 0.338 e. The highest BCUT2D eigenvalue weighted by molar-refractivity contribution is 7.98. The van der Waals surface area contributed by atoms with E-state index in [0.717, 1.165) is 10.5 Å². The first-order valence-corrected chi connectivity index (χ1v) is 12.9. The molecule has 2 aromatic heterocycles. The molecule has 0 amide bonds. The van der Waals surface area contributed by atoms with Crippen molar-refractivity contribution in [2.45, 2.75) is 37.8 Å². The van der Waals surface area contributed by atoms with Crippen molar-refractivity contribution in [2.24, 2.45) is 4.99 Å². The Morgan fingerprint density at radius 2 is 1.94 bits per heavy atom. The van der Waals surface area contributed by atoms with Crippen LogP contribution >= 0.6 is 23.1 Å². The van der Waals surface area contributed by atoms with Crippen molar-refractivity contribution < 1.29 is 13.9 Å². The van der Waals surface area contributed by atoms with Crippen LogP contribution in [0.25, 0.3) is 6.08 Å². The van der Waals surface area contributed by atoms with E-state index >= 15 is 0 Å². The lowest BCUT2D eigenvalue weighted by Gasteiger charge is -2.25. The summed E-state index contributed by atoms with van der Waals surface area (Å²) >= 11 is 2.91. The van der Waals surface area contributed by atoms with Gasteiger partial charge < -0.3 is 14.1 Å². The number of hydrogen-bond acceptors (Lipinski definition) is 8. The van der Waals surface area contributed by atoms with Gasteiger partial charge in [-0.15, -0.1) is 11.8 Å². The van der Waals surface area contributed by atoms with Gasteiger partial charge in [0.2, 0.25) is 0 Å². The quantitative estimate of drug-likeness (QED) is 0.383. The predicted molar refractivity (Wildman–Crippen MR) is 136 cm³/mol. The third kappa shape index (κ3) is 4.63. The van der Waals surface area contributed by atoms with E-state index in [1.54, 1.807) is 43.2 Å². The molecule has 9 heteroatoms. The van der Waals surface area contributed by atoms with E-state index in [9.17, 15) is 9.59 Å². The molecule has 4 rings (SSSR count). The fourth-order valence-electron chi connectivity index (χ4n) is 3.75. The van der Waals surface area contributed by atoms with Crippen LogP contribution in [0.2, 0.25) is 0 Å². The van der Waals surface area contributed by atoms with Crippen LogP contribution < -0.4 is 19.8 Å². The summed E-state index contributed by atoms with van der Waals surface area (Å²) < 4.78 is 13.4. The summed E-state index contributed by atoms with van der Waals surface area (Å²) in [5, 5.41) is 0. The summed E-state index contributed by atoms with van der Waals surface area (Å²) in [6, 6.07) is 10.9. The number of esters is 1. The lowest BCUT2D eigenvalue weighted by atomic mass is 9.96. The van der Waals surface area contributed by atoms with Crippen LogP contribution in [0.5, 0.6) is 0 Å². The average molecular weight is 498 g/mol. The fraction of sp³-hybridized carbons (Fsp3) is 0.320. The Morgan fingerprint density at radius 3 is 2.53 bits per heavy atom. The molecule has 178 valence electrons. The highest BCUT2D eigenvalue weighted by Gasteiger charge is 2.33. The number of hydrogen-bond donors (Lipinski definition) is 0. The number of ether oxygens (including phenoxy) is 1. The maximum atomic E-state index is 13.6. The molecule has 0 bridgehead atoms. The van der Waals surface area contributed by atoms with E-state index in [-0.39, 0.29) is 11.7 Å². The Bertz CT molecular complexity index is 1430. The number of thiazole rings is 1. The van der Waals surface area contributed by atoms with Crippen LogP contribution in [0.3, 0.4) is 0 Å². The van der Waals surface area contributed by atoms with Gasteiger partial charge in [0.1, 0.15) is 5.76 Å². The SMILES string of the molecule is CSc1ccc([C@H]2C(C(=O)OC(C)C)=C(C)N=c3s/c(=C\c4ccc(N(C)C)o4)c(=O)n32)cc1. The van der Waals surface area contributed by atoms with Crippen LogP contribution in [-0.2, 0) is 9.53 Å². The molecule has 1 aliphatic rings. The Balaban J connectivity index is 1.90. The zero-order chi connectivity index (χ0) is 24.6. The van der Waals surface area contributed by atoms with Gasteiger partial charge in [-0.2, -0.15) is 0 Å². The predicted octanol–water partition coefficient (Wildman–Crippen LogP) is 3.57. The maximum absolute atomic E-state index is 13.6. The number of carbonyl (C=O) groups excluding carboxylic acids is 1. The molecule has 0 radical (unpaired) electrons. The highest BCUT2D eigenvalue weighted by atomic mass is 32.2. The van der Waals surface area contributed by atoms with Gasteiger partial charge in [-0.05, 0) is 50.8 Å². The maximum Gasteiger partial charge on any atom is 0.338 e. The first-order chi connectivity index (χ1) is 16.2. The molecule has 0 unspecified atom stereocenters. The van der Waals surface area contributed by atoms with Gasteiger partial charge in [-0.1, -0.05) is 23.5 Å². The molecule has 7 nitrogen and oxygen atoms in total. The molecule has 0 saturated heterocycles. The minimum Gasteiger partial charge on any atom is -0.459 e. The molecule has 3 heterocycles. The topological polar surface area (TPSA) is 77.0 Å². The normalized spacial score (nSPS) is 16.0. The largest absolute Gasteiger partial charge is 0.459 e. The van der Waals surface area contributed by atoms with E-state index in [2.05, 4.69) is 4.99 Å². The molecule has 1 atom stereocenters. The van der Waals surface area contributed by atoms with Crippen molar-refractivity contribution in [2.75, 3.05) is 25.3 Å². The monoisotopic (exact) mass is 497 g/mol. The fourth-order valence-corrected chi connectivity index (χ4v) is 5.19. The second kappa shape index (κ2) is 9.68. The van der Waals surface area contributed by atoms with E-state index < -0.39 is 12.0 Å². The van der Waals surface area contributed by atoms with Crippen LogP contribution in [0.4, 0.5) is 5.88 Å². The number of benzene rings is 1. The number of nitrogens with zero attached hydrogens (tertiary/aromatic N) is 3. The zero-order valence-corrected chi connectivity index (χ0v) is 21.6. The molecule has 0 fully saturated rings. The number of fused-ring (bicyclic) bond motifs is 1. The molecule has 0 saturated carbocycles. The lowest BCUT2D eigenvalue weighted by molar-refractivity contribution is -0.143. The summed E-state index contributed by atoms with van der Waals surface area (Å²) in [6.07, 6.45) is 3.43. The minimum absolute atomic E-state index is 0.229. The summed E-state index contributed by atoms with van der Waals surface area (Å²) in [7, 11) is 3.78. The molecule has 1 aromatic carbocycles. The Morgan fingerprint density at radius 1 is 1.24 bits per heavy atom. The van der Waals surface area contributed by atoms with Crippen LogP contribution in [0.15, 0.2) is 66.8 Å². The molecule has 0 aliphatic carbocycles. The molecule has 34 heavy (non-hydrogen) atoms. The van der Waals surface area contributed by atoms with Gasteiger partial charge in [-0.3, -0.25) is 9.36 Å². The molecule has 0 N–H and O–H groups in total. The Kier molecular flexibility index (Phi) is 6.86. The van der Waals surface area contributed by atoms with Gasteiger partial charge in [-0.25, -0.2) is 9.79 Å². The molecular formula is C25H27N3O4S2. The Labute approximate surface area is 206 Å². The highest BCUT2D eigenvalue weighted by Crippen LogP contribution is 2.32. The van der Waals surface area contributed by atoms with Gasteiger partial charge in [0.05, 0.1) is 27.9 Å². The van der Waals surface area contributed by atoms with Gasteiger partial charge >= 0.3 is 5.97 Å². The number of allylic oxidation sites excluding steroid dienone is 1. The lowest BCUT2D eigenvalue weighted by Crippen LogP contribution is -2.40. The standard InChI is InChI=1S/C25H27N3O4S2/c1-14(2)31-24(30)21-15(3)26-25-28(22(21)16-7-10-18(33-6)11-8-16)23(29)19(34-25)13-17-9-12-20(32-17)27(4)5/h7-14,22H,1-6H3/b19-13-/t22-/m0/s1. The van der Waals surface area contributed by atoms with E-state index in [1.165, 1.54) is 11.3 Å². The number of aromatic nitrogens is 1. The second-order valence-corrected chi connectivity index (χ2v) is 10.3. The summed E-state index contributed by atoms with van der Waals surface area (Å²) in [4.78, 5) is 34.8. The van der Waals surface area contributed by atoms with E-state index in [4.69, 9.17) is 9.15 Å². The zero-order valence-electron chi connectivity index (χ0n) is 20.0. The first-order valence-electron chi connectivity index (χ1n) is 10.8. The summed E-state index contributed by atoms with van der Waals surface area (Å²) in [5.74, 6) is 0.802. The third-order valence-corrected chi connectivity index (χ3v) is 7.07. The van der Waals surface area contributed by atoms with Crippen molar-refractivity contribution >= 4 is 41.0 Å². The van der Waals surface area contributed by atoms with Crippen molar-refractivity contribution in [3.05, 3.63) is 78.7 Å². The van der Waals surface area contributed by atoms with Crippen LogP contribution in [0.1, 0.15) is 38.1 Å². The van der Waals surface area contributed by atoms with Crippen molar-refractivity contribution in [3.63, 3.8) is 0 Å². The summed E-state index contributed by atoms with van der Waals surface area (Å²) in [6.45, 7) is 5.39. The number of carbonyl (C=O) groups is 1. The number of thioether (sulfide) groups is 1. The van der Waals surface area contributed by atoms with Gasteiger partial charge in [0.25, 0.3) is 5.56 Å². The van der Waals surface area contributed by atoms with Crippen molar-refractivity contribution in [1.29, 1.82) is 0 Å². The second-order valence-electron chi connectivity index (χ2n) is 8.38. The van der Waals surface area contributed by atoms with E-state index in [1.807, 2.05) is 61.6 Å². The van der Waals surface area contributed by atoms with Crippen LogP contribution in [0, 0.1) is 0 Å². The third-order valence-electron chi connectivity index (χ3n) is 5.34. The molecule has 0 spiro atoms. The van der Waals surface area contributed by atoms with E-state index in [0.29, 0.717) is 32.2 Å². The van der Waals surface area contributed by atoms with Gasteiger partial charge in [0.15, 0.2) is 10.7 Å². The first kappa shape index (κ1) is 24.1. The van der Waals surface area contributed by atoms with Crippen molar-refractivity contribution in [1.82, 2.24) is 4.57 Å². The molecular weight excluding hydrogens is 470 g/mol. The van der Waals surface area contributed by atoms with Crippen LogP contribution in [-0.4, -0.2) is 37.0 Å². The van der Waals surface area contributed by atoms with Gasteiger partial charge in [0, 0.05) is 31.1 Å².